The van der Waals surface area contributed by atoms with Crippen molar-refractivity contribution < 1.29 is 94.4 Å². The van der Waals surface area contributed by atoms with Crippen molar-refractivity contribution in [2.45, 2.75) is 110 Å². The third-order valence-electron chi connectivity index (χ3n) is 18.6. The maximum absolute atomic E-state index is 12.8. The first kappa shape index (κ1) is 120. The number of carbonyl (C=O) groups excluding carboxylic acids is 9. The first-order valence-electron chi connectivity index (χ1n) is 46.3. The molecule has 0 aromatic carbocycles. The summed E-state index contributed by atoms with van der Waals surface area (Å²) in [6.07, 6.45) is 29.2. The Kier molecular flexibility index (Phi) is 51.3. The number of aromatic carboxylic acids is 1. The number of hydrogen-bond acceptors (Lipinski definition) is 34. The molecule has 150 heavy (non-hydrogen) atoms. The maximum Gasteiger partial charge on any atom is 0.407 e. The number of H-pyrrole nitrogens is 1. The molecule has 12 N–H and O–H groups in total. The van der Waals surface area contributed by atoms with Crippen molar-refractivity contribution in [2.24, 2.45) is 33.9 Å². The Morgan fingerprint density at radius 3 is 1.48 bits per heavy atom. The minimum absolute atomic E-state index is 0.00111. The summed E-state index contributed by atoms with van der Waals surface area (Å²) in [4.78, 5) is 127. The van der Waals surface area contributed by atoms with Gasteiger partial charge < -0.3 is 77.5 Å². The number of nitrogens with zero attached hydrogens (tertiary/aromatic N) is 19. The number of aromatic nitrogens is 20. The number of anilines is 4. The number of aryl methyl sites for hydroxylation is 4. The number of aliphatic hydroxyl groups excluding tert-OH is 1. The predicted octanol–water partition coefficient (Wildman–Crippen LogP) is 6.48. The van der Waals surface area contributed by atoms with Gasteiger partial charge in [0.2, 0.25) is 9.05 Å². The molecule has 0 saturated heterocycles. The number of alkyl carbamates (subject to hydrolysis) is 1. The van der Waals surface area contributed by atoms with Crippen molar-refractivity contribution >= 4 is 106 Å². The van der Waals surface area contributed by atoms with Crippen LogP contribution in [0.25, 0.3) is 45.0 Å². The number of aliphatic hydroxyl groups is 1. The summed E-state index contributed by atoms with van der Waals surface area (Å²) in [6.45, 7) is 10.2. The van der Waals surface area contributed by atoms with E-state index in [9.17, 15) is 69.5 Å². The zero-order valence-electron chi connectivity index (χ0n) is 85.6. The van der Waals surface area contributed by atoms with Crippen molar-refractivity contribution in [2.75, 3.05) is 115 Å². The number of carboxylic acids is 1. The number of ether oxygens (including phenoxy) is 3. The number of pyridine rings is 4. The van der Waals surface area contributed by atoms with Crippen LogP contribution in [0.4, 0.5) is 31.9 Å². The summed E-state index contributed by atoms with van der Waals surface area (Å²) < 4.78 is 84.9. The van der Waals surface area contributed by atoms with E-state index in [1.54, 1.807) is 152 Å². The molecule has 12 aromatic heterocycles. The zero-order valence-corrected chi connectivity index (χ0v) is 87.0. The molecule has 4 bridgehead atoms. The van der Waals surface area contributed by atoms with Crippen LogP contribution in [0.2, 0.25) is 0 Å². The van der Waals surface area contributed by atoms with E-state index in [1.807, 2.05) is 47.1 Å². The lowest BCUT2D eigenvalue weighted by Gasteiger charge is -2.19. The van der Waals surface area contributed by atoms with E-state index in [-0.39, 0.29) is 81.7 Å². The first-order valence-corrected chi connectivity index (χ1v) is 50.1. The standard InChI is InChI=1S/C26H31N7O5.C20H21N7O3.C20H19N7O2.C15H14N6O3.C8H15NO3S.C7H13NO.CH3ClO2S.CH3F/c1-26(2,3)38-25(36)27-13-8-6-7-9-14-33-16-18(15-28-33)19-11-10-12-20(29-19)23(34)30-21-17-32(4)31-22(21)24(35)37-5;1-26-13-17(18(25-26)20(29)30)24-19(28)16-8-6-7-15(23-16)14-11-22-27(12-14)10-5-3-2-4-9-21;1-26-13-17-18(25-26)20(29)21-9-4-2-3-5-10-27-12-14(11-22-27)15-7-6-8-16(23-15)19(28)24-17;1-21-8-12(13(20-21)15(23)24-2)19-14(22)11-5-3-4-10(18-11)9-6-16-17-7-9;1-9-7-5-3-4-6-8-12-13(2,10)11;1-8-6-4-2-3-5-7-9;1-5(2,3)4;1-2/h10-12,15-17H,6,8,13-14H2,1-5H3,(H,27,36)(H,30,34);6-8,11-13H,2,4,9-10,21H2,1H3,(H,24,28)(H,29,30);6-8,11-13H,2,4,9-10H2,1H3,(H,21,29)(H,24,28);3-8H,1-2H3,(H,16,17)(H,19,22);9H,3,5,7-8H2,1-2H3;8-9H,2,4,6-7H2,1H3;1H3;1H3/p-1/i;;;;;;;1D. The fourth-order valence-corrected chi connectivity index (χ4v) is 12.3. The van der Waals surface area contributed by atoms with Crippen molar-refractivity contribution in [3.63, 3.8) is 0 Å². The number of nitrogens with two attached hydrogens (primary N) is 1. The monoisotopic (exact) mass is 2120 g/mol. The molecule has 13 heterocycles. The van der Waals surface area contributed by atoms with Gasteiger partial charge in [-0.15, -0.1) is 29.6 Å². The number of amides is 6. The lowest BCUT2D eigenvalue weighted by atomic mass is 10.2. The molecule has 0 aliphatic carbocycles. The third kappa shape index (κ3) is 45.3. The fourth-order valence-electron chi connectivity index (χ4n) is 12.0. The van der Waals surface area contributed by atoms with E-state index in [2.05, 4.69) is 187 Å². The number of nitrogens with one attached hydrogen (secondary N) is 9. The SMILES string of the molecule is CNCCCC#CCO.CNCCCC#CCOS(C)(=O)=O.COC(=O)c1nn(C)cc1NC(=O)c1cccc(-c2cn[nH]c2)n1.COC(=O)c1nn(C)cc1NC(=O)c1cccc(-c2cnn(CC#CCCCNC(=O)OC(C)(C)C)c2)n1.CS(=O)(=O)Cl.Cn1cc(NC(=O)c2cccc(-c3cnn(CC#CCCCN)c3)n2)c(C(=O)[O-])n1.Cn1cc2c(n1)C(=O)NCCCC#CCn1cc(cn1)-c1cccc(n1)C(=O)N2.[2H]CF. The quantitative estimate of drug-likeness (QED) is 0.00655. The zero-order chi connectivity index (χ0) is 111. The molecular formula is C98H118ClFN29O19S2-. The molecule has 6 amide bonds. The molecule has 0 spiro atoms. The first-order chi connectivity index (χ1) is 72.1. The summed E-state index contributed by atoms with van der Waals surface area (Å²) in [6, 6.07) is 20.3. The number of esters is 2. The number of rotatable bonds is 27. The lowest BCUT2D eigenvalue weighted by Crippen LogP contribution is -2.32. The normalized spacial score (nSPS) is 11.2. The fraction of sp³-hybridized carbons (Fsp3) is 0.357. The van der Waals surface area contributed by atoms with Gasteiger partial charge in [0, 0.05) is 156 Å². The summed E-state index contributed by atoms with van der Waals surface area (Å²) in [7, 11) is 9.76. The highest BCUT2D eigenvalue weighted by Crippen LogP contribution is 2.25. The number of unbranched alkanes of at least 4 members (excludes halogenated alkanes) is 4. The van der Waals surface area contributed by atoms with E-state index in [1.165, 1.54) is 57.6 Å². The second-order valence-electron chi connectivity index (χ2n) is 32.0. The molecule has 48 nitrogen and oxygen atoms in total. The maximum atomic E-state index is 12.8. The van der Waals surface area contributed by atoms with Crippen molar-refractivity contribution in [3.8, 4) is 104 Å². The van der Waals surface area contributed by atoms with Crippen molar-refractivity contribution in [1.82, 2.24) is 120 Å². The average molecular weight is 2130 g/mol. The topological polar surface area (TPSA) is 629 Å². The Hall–Kier alpha value is -17.0. The van der Waals surface area contributed by atoms with E-state index >= 15 is 0 Å². The molecule has 0 atom stereocenters. The molecule has 13 rings (SSSR count). The summed E-state index contributed by atoms with van der Waals surface area (Å²) in [5.41, 5.74) is 11.7. The number of methoxy groups -OCH3 is 2. The molecule has 796 valence electrons. The number of hydrogen-bond donors (Lipinski definition) is 11. The second-order valence-corrected chi connectivity index (χ2v) is 36.7. The Morgan fingerprint density at radius 1 is 0.573 bits per heavy atom. The predicted molar refractivity (Wildman–Crippen MR) is 554 cm³/mol. The smallest absolute Gasteiger partial charge is 0.407 e. The molecule has 0 unspecified atom stereocenters. The van der Waals surface area contributed by atoms with Gasteiger partial charge in [-0.2, -0.15) is 49.2 Å². The van der Waals surface area contributed by atoms with Gasteiger partial charge in [0.1, 0.15) is 66.9 Å². The van der Waals surface area contributed by atoms with Crippen LogP contribution in [-0.2, 0) is 85.4 Å². The van der Waals surface area contributed by atoms with Crippen LogP contribution >= 0.6 is 10.7 Å². The third-order valence-corrected chi connectivity index (χ3v) is 19.2. The van der Waals surface area contributed by atoms with Crippen LogP contribution in [0.3, 0.4) is 0 Å². The van der Waals surface area contributed by atoms with Gasteiger partial charge in [-0.3, -0.25) is 70.4 Å². The number of carbonyl (C=O) groups is 9. The van der Waals surface area contributed by atoms with Gasteiger partial charge in [-0.1, -0.05) is 53.9 Å². The molecule has 12 aromatic rings. The number of aromatic amines is 1. The number of alkyl halides is 1. The Labute approximate surface area is 871 Å². The average Bonchev–Trinajstić information content (AvgIpc) is 1.71. The van der Waals surface area contributed by atoms with Crippen LogP contribution in [0.5, 0.6) is 0 Å². The van der Waals surface area contributed by atoms with Crippen LogP contribution in [0.1, 0.15) is 170 Å². The van der Waals surface area contributed by atoms with Gasteiger partial charge in [-0.25, -0.2) is 42.7 Å². The molecular weight excluding hydrogens is 2010 g/mol. The second kappa shape index (κ2) is 64.1. The molecule has 0 radical (unpaired) electrons. The van der Waals surface area contributed by atoms with Gasteiger partial charge >= 0.3 is 18.0 Å². The molecule has 1 aliphatic heterocycles. The Bertz CT molecular complexity index is 7110. The molecule has 1 aliphatic rings. The minimum Gasteiger partial charge on any atom is -0.543 e. The van der Waals surface area contributed by atoms with Gasteiger partial charge in [0.05, 0.1) is 112 Å². The van der Waals surface area contributed by atoms with Crippen LogP contribution in [0, 0.1) is 59.2 Å². The highest BCUT2D eigenvalue weighted by molar-refractivity contribution is 8.13. The van der Waals surface area contributed by atoms with Gasteiger partial charge in [0.25, 0.3) is 39.7 Å². The highest BCUT2D eigenvalue weighted by Gasteiger charge is 2.25. The number of carboxylic acid groups (broad SMARTS) is 1. The van der Waals surface area contributed by atoms with Crippen molar-refractivity contribution in [3.05, 3.63) is 193 Å². The number of halogens is 2. The van der Waals surface area contributed by atoms with Gasteiger partial charge in [0.15, 0.2) is 17.1 Å². The summed E-state index contributed by atoms with van der Waals surface area (Å²) >= 11 is 0. The molecule has 0 saturated carbocycles. The molecule has 52 heteroatoms. The largest absolute Gasteiger partial charge is 0.543 e. The van der Waals surface area contributed by atoms with Crippen LogP contribution in [0.15, 0.2) is 147 Å². The van der Waals surface area contributed by atoms with Gasteiger partial charge in [-0.05, 0) is 135 Å². The van der Waals surface area contributed by atoms with E-state index in [4.69, 9.17) is 21.7 Å². The highest BCUT2D eigenvalue weighted by atomic mass is 35.7. The van der Waals surface area contributed by atoms with Crippen molar-refractivity contribution in [1.29, 1.82) is 0 Å². The lowest BCUT2D eigenvalue weighted by molar-refractivity contribution is -0.255. The Morgan fingerprint density at radius 2 is 1.01 bits per heavy atom. The van der Waals surface area contributed by atoms with E-state index in [0.717, 1.165) is 86.4 Å². The summed E-state index contributed by atoms with van der Waals surface area (Å²) in [5.74, 6) is 24.1. The van der Waals surface area contributed by atoms with Crippen LogP contribution < -0.4 is 53.4 Å². The Balaban J connectivity index is 0.000000283. The minimum atomic E-state index is -3.34. The number of fused-ring (bicyclic) bond motifs is 6. The van der Waals surface area contributed by atoms with E-state index in [0.29, 0.717) is 93.4 Å². The van der Waals surface area contributed by atoms with E-state index < -0.39 is 79.6 Å². The summed E-state index contributed by atoms with van der Waals surface area (Å²) in [5, 5.41) is 76.7. The molecule has 0 fully saturated rings. The van der Waals surface area contributed by atoms with Crippen LogP contribution in [-0.4, -0.2) is 274 Å².